The topological polar surface area (TPSA) is 73.9 Å². The van der Waals surface area contributed by atoms with Gasteiger partial charge in [-0.3, -0.25) is 9.59 Å². The van der Waals surface area contributed by atoms with Crippen molar-refractivity contribution in [3.8, 4) is 11.5 Å². The van der Waals surface area contributed by atoms with Gasteiger partial charge in [0.2, 0.25) is 5.91 Å². The molecule has 154 valence electrons. The molecule has 7 heteroatoms. The average Bonchev–Trinajstić information content (AvgIpc) is 2.74. The fourth-order valence-electron chi connectivity index (χ4n) is 2.43. The van der Waals surface area contributed by atoms with Gasteiger partial charge in [-0.15, -0.1) is 0 Å². The monoisotopic (exact) mass is 461 g/mol. The molecule has 2 aromatic rings. The summed E-state index contributed by atoms with van der Waals surface area (Å²) in [6, 6.07) is 13.4. The Morgan fingerprint density at radius 3 is 2.52 bits per heavy atom. The van der Waals surface area contributed by atoms with Crippen molar-refractivity contribution in [2.45, 2.75) is 19.4 Å². The molecular weight excluding hydrogens is 438 g/mol. The summed E-state index contributed by atoms with van der Waals surface area (Å²) in [6.45, 7) is 0.831. The lowest BCUT2D eigenvalue weighted by atomic mass is 10.2. The lowest BCUT2D eigenvalue weighted by Gasteiger charge is -2.11. The van der Waals surface area contributed by atoms with E-state index in [9.17, 15) is 9.59 Å². The van der Waals surface area contributed by atoms with Crippen molar-refractivity contribution in [2.24, 2.45) is 0 Å². The van der Waals surface area contributed by atoms with Crippen LogP contribution in [0.4, 0.5) is 0 Å². The molecular formula is C22H24BrNO5. The first-order chi connectivity index (χ1) is 14.0. The standard InChI is InChI=1S/C22H24BrNO5/c1-27-20-14-16(8-12-21(25)24-13-3-4-22(26)28-2)7-11-19(20)29-15-17-5-9-18(23)10-6-17/h5-12,14H,3-4,13,15H2,1-2H3,(H,24,25)/b12-8+. The maximum absolute atomic E-state index is 11.9. The van der Waals surface area contributed by atoms with Crippen LogP contribution >= 0.6 is 15.9 Å². The van der Waals surface area contributed by atoms with Crippen LogP contribution in [0.15, 0.2) is 53.0 Å². The molecule has 0 aliphatic heterocycles. The number of hydrogen-bond acceptors (Lipinski definition) is 5. The van der Waals surface area contributed by atoms with E-state index in [-0.39, 0.29) is 18.3 Å². The third-order valence-corrected chi connectivity index (χ3v) is 4.54. The molecule has 0 atom stereocenters. The Balaban J connectivity index is 1.88. The number of hydrogen-bond donors (Lipinski definition) is 1. The molecule has 0 aromatic heterocycles. The molecule has 0 fully saturated rings. The maximum Gasteiger partial charge on any atom is 0.305 e. The molecule has 0 unspecified atom stereocenters. The lowest BCUT2D eigenvalue weighted by molar-refractivity contribution is -0.140. The van der Waals surface area contributed by atoms with Crippen molar-refractivity contribution in [3.05, 3.63) is 64.1 Å². The van der Waals surface area contributed by atoms with Gasteiger partial charge >= 0.3 is 5.97 Å². The summed E-state index contributed by atoms with van der Waals surface area (Å²) >= 11 is 3.41. The van der Waals surface area contributed by atoms with Crippen LogP contribution in [-0.4, -0.2) is 32.6 Å². The summed E-state index contributed by atoms with van der Waals surface area (Å²) in [5.41, 5.74) is 1.85. The molecule has 6 nitrogen and oxygen atoms in total. The Labute approximate surface area is 179 Å². The van der Waals surface area contributed by atoms with Crippen molar-refractivity contribution in [1.82, 2.24) is 5.32 Å². The van der Waals surface area contributed by atoms with Gasteiger partial charge in [0.1, 0.15) is 6.61 Å². The predicted molar refractivity (Wildman–Crippen MR) is 115 cm³/mol. The van der Waals surface area contributed by atoms with Gasteiger partial charge in [0, 0.05) is 23.5 Å². The minimum Gasteiger partial charge on any atom is -0.493 e. The molecule has 0 heterocycles. The Morgan fingerprint density at radius 2 is 1.83 bits per heavy atom. The number of benzene rings is 2. The minimum absolute atomic E-state index is 0.232. The third-order valence-electron chi connectivity index (χ3n) is 4.01. The second-order valence-corrected chi connectivity index (χ2v) is 7.05. The van der Waals surface area contributed by atoms with E-state index < -0.39 is 0 Å². The van der Waals surface area contributed by atoms with E-state index in [4.69, 9.17) is 9.47 Å². The van der Waals surface area contributed by atoms with Gasteiger partial charge in [-0.2, -0.15) is 0 Å². The van der Waals surface area contributed by atoms with Crippen LogP contribution in [0.3, 0.4) is 0 Å². The molecule has 0 spiro atoms. The summed E-state index contributed by atoms with van der Waals surface area (Å²) in [7, 11) is 2.92. The molecule has 29 heavy (non-hydrogen) atoms. The second-order valence-electron chi connectivity index (χ2n) is 6.13. The first kappa shape index (κ1) is 22.5. The van der Waals surface area contributed by atoms with Crippen LogP contribution in [0.5, 0.6) is 11.5 Å². The normalized spacial score (nSPS) is 10.6. The van der Waals surface area contributed by atoms with Crippen molar-refractivity contribution in [3.63, 3.8) is 0 Å². The van der Waals surface area contributed by atoms with Gasteiger partial charge in [-0.05, 0) is 47.9 Å². The molecule has 0 aliphatic rings. The number of rotatable bonds is 10. The number of nitrogens with one attached hydrogen (secondary N) is 1. The third kappa shape index (κ3) is 7.99. The fraction of sp³-hybridized carbons (Fsp3) is 0.273. The fourth-order valence-corrected chi connectivity index (χ4v) is 2.69. The largest absolute Gasteiger partial charge is 0.493 e. The highest BCUT2D eigenvalue weighted by molar-refractivity contribution is 9.10. The second kappa shape index (κ2) is 11.9. The quantitative estimate of drug-likeness (QED) is 0.327. The number of amides is 1. The zero-order valence-corrected chi connectivity index (χ0v) is 18.0. The predicted octanol–water partition coefficient (Wildman–Crippen LogP) is 4.12. The van der Waals surface area contributed by atoms with Gasteiger partial charge in [-0.25, -0.2) is 0 Å². The van der Waals surface area contributed by atoms with Crippen LogP contribution in [-0.2, 0) is 20.9 Å². The lowest BCUT2D eigenvalue weighted by Crippen LogP contribution is -2.22. The SMILES string of the molecule is COC(=O)CCCNC(=O)/C=C/c1ccc(OCc2ccc(Br)cc2)c(OC)c1. The first-order valence-corrected chi connectivity index (χ1v) is 9.89. The Bertz CT molecular complexity index is 849. The van der Waals surface area contributed by atoms with Crippen LogP contribution in [0.25, 0.3) is 6.08 Å². The minimum atomic E-state index is -0.288. The smallest absolute Gasteiger partial charge is 0.305 e. The van der Waals surface area contributed by atoms with Gasteiger partial charge in [0.05, 0.1) is 14.2 Å². The van der Waals surface area contributed by atoms with Crippen LogP contribution < -0.4 is 14.8 Å². The number of methoxy groups -OCH3 is 2. The van der Waals surface area contributed by atoms with Crippen LogP contribution in [0.2, 0.25) is 0 Å². The number of halogens is 1. The Morgan fingerprint density at radius 1 is 1.07 bits per heavy atom. The van der Waals surface area contributed by atoms with Crippen molar-refractivity contribution < 1.29 is 23.8 Å². The molecule has 1 amide bonds. The molecule has 0 bridgehead atoms. The van der Waals surface area contributed by atoms with Gasteiger partial charge in [0.15, 0.2) is 11.5 Å². The molecule has 0 saturated carbocycles. The summed E-state index contributed by atoms with van der Waals surface area (Å²) in [5, 5.41) is 2.72. The zero-order chi connectivity index (χ0) is 21.1. The molecule has 2 rings (SSSR count). The number of carbonyl (C=O) groups excluding carboxylic acids is 2. The van der Waals surface area contributed by atoms with E-state index in [0.29, 0.717) is 31.1 Å². The highest BCUT2D eigenvalue weighted by Gasteiger charge is 2.06. The summed E-state index contributed by atoms with van der Waals surface area (Å²) in [5.74, 6) is 0.691. The van der Waals surface area contributed by atoms with E-state index in [2.05, 4.69) is 26.0 Å². The first-order valence-electron chi connectivity index (χ1n) is 9.10. The van der Waals surface area contributed by atoms with E-state index in [1.165, 1.54) is 13.2 Å². The Hall–Kier alpha value is -2.80. The van der Waals surface area contributed by atoms with Crippen molar-refractivity contribution in [1.29, 1.82) is 0 Å². The number of ether oxygens (including phenoxy) is 3. The van der Waals surface area contributed by atoms with Crippen molar-refractivity contribution >= 4 is 33.9 Å². The molecule has 0 aliphatic carbocycles. The highest BCUT2D eigenvalue weighted by Crippen LogP contribution is 2.29. The van der Waals surface area contributed by atoms with E-state index in [1.54, 1.807) is 19.3 Å². The van der Waals surface area contributed by atoms with Crippen molar-refractivity contribution in [2.75, 3.05) is 20.8 Å². The van der Waals surface area contributed by atoms with E-state index >= 15 is 0 Å². The average molecular weight is 462 g/mol. The van der Waals surface area contributed by atoms with Crippen LogP contribution in [0, 0.1) is 0 Å². The zero-order valence-electron chi connectivity index (χ0n) is 16.4. The summed E-state index contributed by atoms with van der Waals surface area (Å²) in [4.78, 5) is 22.9. The molecule has 0 radical (unpaired) electrons. The van der Waals surface area contributed by atoms with Crippen LogP contribution in [0.1, 0.15) is 24.0 Å². The van der Waals surface area contributed by atoms with Gasteiger partial charge < -0.3 is 19.5 Å². The molecule has 0 saturated heterocycles. The molecule has 1 N–H and O–H groups in total. The van der Waals surface area contributed by atoms with E-state index in [1.807, 2.05) is 36.4 Å². The highest BCUT2D eigenvalue weighted by atomic mass is 79.9. The summed E-state index contributed by atoms with van der Waals surface area (Å²) < 4.78 is 16.8. The number of carbonyl (C=O) groups is 2. The summed E-state index contributed by atoms with van der Waals surface area (Å²) in [6.07, 6.45) is 3.94. The van der Waals surface area contributed by atoms with E-state index in [0.717, 1.165) is 15.6 Å². The van der Waals surface area contributed by atoms with Gasteiger partial charge in [0.25, 0.3) is 0 Å². The van der Waals surface area contributed by atoms with Gasteiger partial charge in [-0.1, -0.05) is 34.1 Å². The Kier molecular flexibility index (Phi) is 9.24. The molecule has 2 aromatic carbocycles. The number of esters is 1. The maximum atomic E-state index is 11.9.